The fourth-order valence-electron chi connectivity index (χ4n) is 3.53. The lowest BCUT2D eigenvalue weighted by Gasteiger charge is -2.25. The number of rotatable bonds is 5. The zero-order valence-corrected chi connectivity index (χ0v) is 14.9. The fourth-order valence-corrected chi connectivity index (χ4v) is 3.53. The summed E-state index contributed by atoms with van der Waals surface area (Å²) in [5.41, 5.74) is 2.00. The Labute approximate surface area is 154 Å². The van der Waals surface area contributed by atoms with Crippen molar-refractivity contribution in [2.45, 2.75) is 25.3 Å². The summed E-state index contributed by atoms with van der Waals surface area (Å²) in [4.78, 5) is 15.0. The second-order valence-corrected chi connectivity index (χ2v) is 6.89. The summed E-state index contributed by atoms with van der Waals surface area (Å²) in [6.07, 6.45) is 4.82. The van der Waals surface area contributed by atoms with E-state index in [0.717, 1.165) is 6.54 Å². The van der Waals surface area contributed by atoms with Crippen LogP contribution in [0, 0.1) is 0 Å². The van der Waals surface area contributed by atoms with E-state index in [4.69, 9.17) is 9.47 Å². The first-order valence-corrected chi connectivity index (χ1v) is 9.12. The molecule has 4 rings (SSSR count). The Morgan fingerprint density at radius 2 is 1.88 bits per heavy atom. The zero-order chi connectivity index (χ0) is 17.9. The van der Waals surface area contributed by atoms with Gasteiger partial charge in [0.25, 0.3) is 0 Å². The van der Waals surface area contributed by atoms with Crippen molar-refractivity contribution < 1.29 is 14.3 Å². The Balaban J connectivity index is 1.38. The Bertz CT molecular complexity index is 815. The maximum atomic E-state index is 12.7. The van der Waals surface area contributed by atoms with Crippen LogP contribution in [0.2, 0.25) is 0 Å². The lowest BCUT2D eigenvalue weighted by atomic mass is 10.00. The van der Waals surface area contributed by atoms with Crippen LogP contribution in [0.4, 0.5) is 0 Å². The van der Waals surface area contributed by atoms with Crippen LogP contribution in [0.15, 0.2) is 60.8 Å². The molecule has 2 heterocycles. The summed E-state index contributed by atoms with van der Waals surface area (Å²) in [5, 5.41) is 0. The van der Waals surface area contributed by atoms with Crippen molar-refractivity contribution in [3.63, 3.8) is 0 Å². The molecule has 4 heteroatoms. The lowest BCUT2D eigenvalue weighted by molar-refractivity contribution is 0.0949. The molecule has 0 spiro atoms. The van der Waals surface area contributed by atoms with Gasteiger partial charge in [0, 0.05) is 30.5 Å². The molecular formula is C22H23NO3. The molecule has 0 aliphatic carbocycles. The Hall–Kier alpha value is -2.75. The second kappa shape index (κ2) is 7.24. The third-order valence-electron chi connectivity index (χ3n) is 5.06. The van der Waals surface area contributed by atoms with Crippen LogP contribution in [0.25, 0.3) is 0 Å². The monoisotopic (exact) mass is 349 g/mol. The van der Waals surface area contributed by atoms with Crippen molar-refractivity contribution in [3.05, 3.63) is 71.9 Å². The van der Waals surface area contributed by atoms with Crippen LogP contribution in [0.3, 0.4) is 0 Å². The molecule has 0 N–H and O–H groups in total. The molecule has 0 radical (unpaired) electrons. The number of Topliss-reactive ketones (excluding diaryl/α,β-unsaturated/α-hetero) is 1. The van der Waals surface area contributed by atoms with Crippen molar-refractivity contribution in [1.82, 2.24) is 4.90 Å². The van der Waals surface area contributed by atoms with Crippen LogP contribution in [-0.4, -0.2) is 36.5 Å². The lowest BCUT2D eigenvalue weighted by Crippen LogP contribution is -2.30. The van der Waals surface area contributed by atoms with E-state index in [1.807, 2.05) is 18.2 Å². The van der Waals surface area contributed by atoms with Crippen molar-refractivity contribution in [3.8, 4) is 11.5 Å². The summed E-state index contributed by atoms with van der Waals surface area (Å²) in [6.45, 7) is 4.11. The fraction of sp³-hybridized carbons (Fsp3) is 0.318. The van der Waals surface area contributed by atoms with Gasteiger partial charge in [-0.25, -0.2) is 0 Å². The molecule has 2 unspecified atom stereocenters. The van der Waals surface area contributed by atoms with Gasteiger partial charge in [0.05, 0.1) is 0 Å². The van der Waals surface area contributed by atoms with Gasteiger partial charge >= 0.3 is 0 Å². The number of nitrogens with zero attached hydrogens (tertiary/aromatic N) is 1. The van der Waals surface area contributed by atoms with Gasteiger partial charge in [-0.2, -0.15) is 0 Å². The summed E-state index contributed by atoms with van der Waals surface area (Å²) in [6, 6.07) is 16.1. The highest BCUT2D eigenvalue weighted by atomic mass is 16.6. The molecule has 2 atom stereocenters. The van der Waals surface area contributed by atoms with Gasteiger partial charge in [0.1, 0.15) is 13.2 Å². The van der Waals surface area contributed by atoms with Crippen molar-refractivity contribution >= 4 is 5.78 Å². The van der Waals surface area contributed by atoms with Gasteiger partial charge in [0.2, 0.25) is 0 Å². The maximum absolute atomic E-state index is 12.7. The van der Waals surface area contributed by atoms with Gasteiger partial charge in [0.15, 0.2) is 17.3 Å². The van der Waals surface area contributed by atoms with Crippen LogP contribution >= 0.6 is 0 Å². The first kappa shape index (κ1) is 16.7. The number of hydrogen-bond donors (Lipinski definition) is 0. The number of fused-ring (bicyclic) bond motifs is 1. The SMILES string of the molecule is CC(CC(=O)c1ccc2c(c1)OCCO2)N1C=CC(c2ccccc2)C1. The summed E-state index contributed by atoms with van der Waals surface area (Å²) in [7, 11) is 0. The minimum absolute atomic E-state index is 0.131. The molecule has 0 amide bonds. The first-order valence-electron chi connectivity index (χ1n) is 9.12. The Morgan fingerprint density at radius 1 is 1.12 bits per heavy atom. The first-order chi connectivity index (χ1) is 12.7. The molecule has 2 aromatic rings. The summed E-state index contributed by atoms with van der Waals surface area (Å²) < 4.78 is 11.1. The Kier molecular flexibility index (Phi) is 4.65. The quantitative estimate of drug-likeness (QED) is 0.764. The van der Waals surface area contributed by atoms with Crippen molar-refractivity contribution in [2.24, 2.45) is 0 Å². The minimum atomic E-state index is 0.131. The van der Waals surface area contributed by atoms with Crippen LogP contribution in [0.5, 0.6) is 11.5 Å². The van der Waals surface area contributed by atoms with E-state index in [0.29, 0.717) is 42.6 Å². The summed E-state index contributed by atoms with van der Waals surface area (Å²) in [5.74, 6) is 1.91. The van der Waals surface area contributed by atoms with E-state index in [2.05, 4.69) is 48.4 Å². The highest BCUT2D eigenvalue weighted by Gasteiger charge is 2.24. The topological polar surface area (TPSA) is 38.8 Å². The smallest absolute Gasteiger partial charge is 0.165 e. The molecule has 2 aliphatic heterocycles. The predicted octanol–water partition coefficient (Wildman–Crippen LogP) is 4.03. The van der Waals surface area contributed by atoms with Crippen molar-refractivity contribution in [2.75, 3.05) is 19.8 Å². The Morgan fingerprint density at radius 3 is 2.69 bits per heavy atom. The molecule has 0 bridgehead atoms. The van der Waals surface area contributed by atoms with Gasteiger partial charge < -0.3 is 14.4 Å². The molecule has 2 aliphatic rings. The van der Waals surface area contributed by atoms with Gasteiger partial charge in [-0.1, -0.05) is 36.4 Å². The highest BCUT2D eigenvalue weighted by Crippen LogP contribution is 2.32. The maximum Gasteiger partial charge on any atom is 0.165 e. The molecular weight excluding hydrogens is 326 g/mol. The largest absolute Gasteiger partial charge is 0.486 e. The molecule has 2 aromatic carbocycles. The molecule has 0 fully saturated rings. The van der Waals surface area contributed by atoms with E-state index in [1.165, 1.54) is 5.56 Å². The van der Waals surface area contributed by atoms with Gasteiger partial charge in [-0.3, -0.25) is 4.79 Å². The van der Waals surface area contributed by atoms with E-state index in [1.54, 1.807) is 6.07 Å². The van der Waals surface area contributed by atoms with Crippen LogP contribution in [-0.2, 0) is 0 Å². The van der Waals surface area contributed by atoms with E-state index < -0.39 is 0 Å². The average molecular weight is 349 g/mol. The van der Waals surface area contributed by atoms with Crippen LogP contribution in [0.1, 0.15) is 35.2 Å². The average Bonchev–Trinajstić information content (AvgIpc) is 3.18. The molecule has 134 valence electrons. The van der Waals surface area contributed by atoms with E-state index in [-0.39, 0.29) is 11.8 Å². The zero-order valence-electron chi connectivity index (χ0n) is 14.9. The molecule has 0 aromatic heterocycles. The van der Waals surface area contributed by atoms with Gasteiger partial charge in [-0.05, 0) is 36.9 Å². The summed E-state index contributed by atoms with van der Waals surface area (Å²) >= 11 is 0. The van der Waals surface area contributed by atoms with Gasteiger partial charge in [-0.15, -0.1) is 0 Å². The third-order valence-corrected chi connectivity index (χ3v) is 5.06. The molecule has 0 saturated carbocycles. The van der Waals surface area contributed by atoms with Crippen molar-refractivity contribution in [1.29, 1.82) is 0 Å². The number of benzene rings is 2. The second-order valence-electron chi connectivity index (χ2n) is 6.89. The number of carbonyl (C=O) groups excluding carboxylic acids is 1. The standard InChI is InChI=1S/C22H23NO3/c1-16(23-10-9-19(15-23)17-5-3-2-4-6-17)13-20(24)18-7-8-21-22(14-18)26-12-11-25-21/h2-10,14,16,19H,11-13,15H2,1H3. The highest BCUT2D eigenvalue weighted by molar-refractivity contribution is 5.97. The molecule has 0 saturated heterocycles. The molecule has 4 nitrogen and oxygen atoms in total. The number of ether oxygens (including phenoxy) is 2. The normalized spacial score (nSPS) is 19.4. The number of ketones is 1. The van der Waals surface area contributed by atoms with E-state index in [9.17, 15) is 4.79 Å². The molecule has 26 heavy (non-hydrogen) atoms. The predicted molar refractivity (Wildman–Crippen MR) is 101 cm³/mol. The number of hydrogen-bond acceptors (Lipinski definition) is 4. The van der Waals surface area contributed by atoms with E-state index >= 15 is 0 Å². The third kappa shape index (κ3) is 3.45. The van der Waals surface area contributed by atoms with Crippen LogP contribution < -0.4 is 9.47 Å². The number of carbonyl (C=O) groups is 1. The minimum Gasteiger partial charge on any atom is -0.486 e.